The Balaban J connectivity index is 1.54. The Kier molecular flexibility index (Phi) is 8.13. The van der Waals surface area contributed by atoms with Gasteiger partial charge in [0.25, 0.3) is 5.91 Å². The van der Waals surface area contributed by atoms with Gasteiger partial charge in [-0.15, -0.1) is 0 Å². The molecule has 0 aliphatic carbocycles. The Bertz CT molecular complexity index is 1130. The second-order valence-electron chi connectivity index (χ2n) is 6.64. The first kappa shape index (κ1) is 24.3. The zero-order valence-corrected chi connectivity index (χ0v) is 18.6. The van der Waals surface area contributed by atoms with E-state index in [1.807, 2.05) is 30.3 Å². The van der Waals surface area contributed by atoms with E-state index >= 15 is 0 Å². The van der Waals surface area contributed by atoms with Gasteiger partial charge in [-0.1, -0.05) is 35.9 Å². The average Bonchev–Trinajstić information content (AvgIpc) is 2.78. The van der Waals surface area contributed by atoms with Crippen LogP contribution in [0.4, 0.5) is 18.9 Å². The first-order valence-corrected chi connectivity index (χ1v) is 10.4. The lowest BCUT2D eigenvalue weighted by molar-refractivity contribution is -0.137. The van der Waals surface area contributed by atoms with Crippen molar-refractivity contribution in [3.8, 4) is 11.5 Å². The van der Waals surface area contributed by atoms with Crippen LogP contribution in [0.15, 0.2) is 72.8 Å². The topological polar surface area (TPSA) is 59.6 Å². The largest absolute Gasteiger partial charge is 0.490 e. The molecule has 0 fully saturated rings. The van der Waals surface area contributed by atoms with Gasteiger partial charge in [0.15, 0.2) is 5.11 Å². The van der Waals surface area contributed by atoms with Crippen LogP contribution in [-0.2, 0) is 6.18 Å². The van der Waals surface area contributed by atoms with Crippen LogP contribution in [0, 0.1) is 0 Å². The first-order valence-electron chi connectivity index (χ1n) is 9.62. The number of amides is 1. The number of carbonyl (C=O) groups is 1. The monoisotopic (exact) mass is 494 g/mol. The molecule has 10 heteroatoms. The number of hydrogen-bond acceptors (Lipinski definition) is 4. The summed E-state index contributed by atoms with van der Waals surface area (Å²) in [7, 11) is 0. The molecule has 0 spiro atoms. The van der Waals surface area contributed by atoms with E-state index in [2.05, 4.69) is 10.6 Å². The van der Waals surface area contributed by atoms with Gasteiger partial charge in [0.2, 0.25) is 0 Å². The summed E-state index contributed by atoms with van der Waals surface area (Å²) in [4.78, 5) is 12.5. The molecule has 0 heterocycles. The summed E-state index contributed by atoms with van der Waals surface area (Å²) in [5.74, 6) is 0.594. The molecule has 0 aliphatic rings. The Hall–Kier alpha value is -3.30. The van der Waals surface area contributed by atoms with Crippen LogP contribution in [-0.4, -0.2) is 24.2 Å². The van der Waals surface area contributed by atoms with E-state index in [0.717, 1.165) is 23.9 Å². The number of halogens is 4. The number of ether oxygens (including phenoxy) is 2. The van der Waals surface area contributed by atoms with Crippen molar-refractivity contribution in [1.29, 1.82) is 0 Å². The van der Waals surface area contributed by atoms with E-state index in [9.17, 15) is 18.0 Å². The molecule has 3 aromatic carbocycles. The lowest BCUT2D eigenvalue weighted by atomic mass is 10.2. The van der Waals surface area contributed by atoms with Crippen LogP contribution < -0.4 is 20.1 Å². The molecule has 5 nitrogen and oxygen atoms in total. The molecule has 33 heavy (non-hydrogen) atoms. The average molecular weight is 495 g/mol. The van der Waals surface area contributed by atoms with Gasteiger partial charge < -0.3 is 14.8 Å². The maximum atomic E-state index is 12.9. The minimum Gasteiger partial charge on any atom is -0.490 e. The van der Waals surface area contributed by atoms with E-state index in [1.54, 1.807) is 18.2 Å². The molecule has 2 N–H and O–H groups in total. The summed E-state index contributed by atoms with van der Waals surface area (Å²) in [5, 5.41) is 4.74. The zero-order valence-electron chi connectivity index (χ0n) is 17.0. The van der Waals surface area contributed by atoms with Gasteiger partial charge in [0.05, 0.1) is 16.3 Å². The fraction of sp³-hybridized carbons (Fsp3) is 0.130. The second kappa shape index (κ2) is 11.0. The SMILES string of the molecule is O=C(NC(=S)Nc1cc(C(F)(F)F)ccc1Cl)c1cccc(OCCOc2ccccc2)c1. The van der Waals surface area contributed by atoms with Gasteiger partial charge in [-0.25, -0.2) is 0 Å². The van der Waals surface area contributed by atoms with Crippen LogP contribution in [0.3, 0.4) is 0 Å². The number of para-hydroxylation sites is 1. The quantitative estimate of drug-likeness (QED) is 0.314. The molecule has 0 aliphatic heterocycles. The minimum absolute atomic E-state index is 0.0210. The molecule has 3 rings (SSSR count). The maximum Gasteiger partial charge on any atom is 0.416 e. The second-order valence-corrected chi connectivity index (χ2v) is 7.45. The Morgan fingerprint density at radius 2 is 1.58 bits per heavy atom. The number of nitrogens with one attached hydrogen (secondary N) is 2. The summed E-state index contributed by atoms with van der Waals surface area (Å²) in [6.07, 6.45) is -4.54. The van der Waals surface area contributed by atoms with E-state index in [4.69, 9.17) is 33.3 Å². The van der Waals surface area contributed by atoms with Crippen molar-refractivity contribution >= 4 is 40.5 Å². The lowest BCUT2D eigenvalue weighted by Crippen LogP contribution is -2.34. The van der Waals surface area contributed by atoms with Crippen LogP contribution in [0.1, 0.15) is 15.9 Å². The number of alkyl halides is 3. The lowest BCUT2D eigenvalue weighted by Gasteiger charge is -2.14. The Labute approximate surface area is 198 Å². The van der Waals surface area contributed by atoms with Crippen molar-refractivity contribution in [3.63, 3.8) is 0 Å². The van der Waals surface area contributed by atoms with Crippen molar-refractivity contribution in [2.24, 2.45) is 0 Å². The highest BCUT2D eigenvalue weighted by Gasteiger charge is 2.31. The number of thiocarbonyl (C=S) groups is 1. The molecule has 0 aromatic heterocycles. The predicted molar refractivity (Wildman–Crippen MR) is 124 cm³/mol. The molecule has 1 amide bonds. The number of rotatable bonds is 7. The van der Waals surface area contributed by atoms with Gasteiger partial charge in [0, 0.05) is 5.56 Å². The maximum absolute atomic E-state index is 12.9. The molecule has 0 saturated carbocycles. The summed E-state index contributed by atoms with van der Waals surface area (Å²) >= 11 is 11.0. The smallest absolute Gasteiger partial charge is 0.416 e. The number of anilines is 1. The number of benzene rings is 3. The molecular weight excluding hydrogens is 477 g/mol. The molecule has 0 radical (unpaired) electrons. The summed E-state index contributed by atoms with van der Waals surface area (Å²) in [6.45, 7) is 0.570. The van der Waals surface area contributed by atoms with Gasteiger partial charge in [-0.3, -0.25) is 10.1 Å². The van der Waals surface area contributed by atoms with Gasteiger partial charge in [-0.05, 0) is 60.7 Å². The van der Waals surface area contributed by atoms with E-state index in [0.29, 0.717) is 12.4 Å². The highest BCUT2D eigenvalue weighted by molar-refractivity contribution is 7.80. The summed E-state index contributed by atoms with van der Waals surface area (Å²) in [6, 6.07) is 18.4. The molecule has 0 atom stereocenters. The third-order valence-corrected chi connectivity index (χ3v) is 4.76. The van der Waals surface area contributed by atoms with Gasteiger partial charge >= 0.3 is 6.18 Å². The fourth-order valence-electron chi connectivity index (χ4n) is 2.69. The third kappa shape index (κ3) is 7.37. The molecule has 0 bridgehead atoms. The third-order valence-electron chi connectivity index (χ3n) is 4.23. The van der Waals surface area contributed by atoms with Crippen molar-refractivity contribution in [2.75, 3.05) is 18.5 Å². The highest BCUT2D eigenvalue weighted by Crippen LogP contribution is 2.33. The summed E-state index contributed by atoms with van der Waals surface area (Å²) in [5.41, 5.74) is -0.729. The Morgan fingerprint density at radius 1 is 0.909 bits per heavy atom. The fourth-order valence-corrected chi connectivity index (χ4v) is 3.06. The van der Waals surface area contributed by atoms with Crippen molar-refractivity contribution in [2.45, 2.75) is 6.18 Å². The van der Waals surface area contributed by atoms with Gasteiger partial charge in [-0.2, -0.15) is 13.2 Å². The molecule has 3 aromatic rings. The molecule has 0 unspecified atom stereocenters. The molecular formula is C23H18ClF3N2O3S. The van der Waals surface area contributed by atoms with Gasteiger partial charge in [0.1, 0.15) is 24.7 Å². The number of carbonyl (C=O) groups excluding carboxylic acids is 1. The van der Waals surface area contributed by atoms with Crippen LogP contribution in [0.2, 0.25) is 5.02 Å². The van der Waals surface area contributed by atoms with Crippen LogP contribution >= 0.6 is 23.8 Å². The summed E-state index contributed by atoms with van der Waals surface area (Å²) < 4.78 is 49.9. The van der Waals surface area contributed by atoms with Crippen LogP contribution in [0.5, 0.6) is 11.5 Å². The Morgan fingerprint density at radius 3 is 2.27 bits per heavy atom. The van der Waals surface area contributed by atoms with Crippen molar-refractivity contribution in [1.82, 2.24) is 5.32 Å². The molecule has 0 saturated heterocycles. The standard InChI is InChI=1S/C23H18ClF3N2O3S/c24-19-10-9-16(23(25,26)27)14-20(19)28-22(33)29-21(30)15-5-4-8-18(13-15)32-12-11-31-17-6-2-1-3-7-17/h1-10,13-14H,11-12H2,(H2,28,29,30,33). The predicted octanol–water partition coefficient (Wildman–Crippen LogP) is 5.94. The van der Waals surface area contributed by atoms with E-state index in [1.165, 1.54) is 6.07 Å². The van der Waals surface area contributed by atoms with Crippen molar-refractivity contribution in [3.05, 3.63) is 88.9 Å². The normalized spacial score (nSPS) is 10.9. The number of hydrogen-bond donors (Lipinski definition) is 2. The first-order chi connectivity index (χ1) is 15.7. The molecule has 172 valence electrons. The zero-order chi connectivity index (χ0) is 23.8. The van der Waals surface area contributed by atoms with Crippen molar-refractivity contribution < 1.29 is 27.4 Å². The van der Waals surface area contributed by atoms with E-state index in [-0.39, 0.29) is 28.0 Å². The highest BCUT2D eigenvalue weighted by atomic mass is 35.5. The van der Waals surface area contributed by atoms with E-state index < -0.39 is 17.6 Å². The van der Waals surface area contributed by atoms with Crippen LogP contribution in [0.25, 0.3) is 0 Å². The minimum atomic E-state index is -4.54.